The maximum absolute atomic E-state index is 12.4. The summed E-state index contributed by atoms with van der Waals surface area (Å²) in [6.07, 6.45) is 1.42. The lowest BCUT2D eigenvalue weighted by Crippen LogP contribution is -2.14. The number of ether oxygens (including phenoxy) is 1. The first-order chi connectivity index (χ1) is 12.2. The molecule has 0 aliphatic carbocycles. The molecule has 1 aromatic heterocycles. The Morgan fingerprint density at radius 3 is 2.32 bits per heavy atom. The first-order valence-electron chi connectivity index (χ1n) is 7.56. The predicted molar refractivity (Wildman–Crippen MR) is 94.1 cm³/mol. The Labute approximate surface area is 144 Å². The number of rotatable bonds is 5. The lowest BCUT2D eigenvalue weighted by Gasteiger charge is -2.08. The number of hydrogen-bond acceptors (Lipinski definition) is 4. The number of amides is 2. The van der Waals surface area contributed by atoms with Crippen LogP contribution in [0.4, 0.5) is 11.4 Å². The molecule has 0 aliphatic rings. The van der Waals surface area contributed by atoms with Gasteiger partial charge in [-0.1, -0.05) is 6.07 Å². The second-order valence-electron chi connectivity index (χ2n) is 5.19. The Hall–Kier alpha value is -3.54. The molecule has 25 heavy (non-hydrogen) atoms. The quantitative estimate of drug-likeness (QED) is 0.743. The van der Waals surface area contributed by atoms with Gasteiger partial charge in [0.1, 0.15) is 5.75 Å². The molecule has 126 valence electrons. The van der Waals surface area contributed by atoms with Crippen LogP contribution in [-0.4, -0.2) is 18.9 Å². The van der Waals surface area contributed by atoms with Crippen LogP contribution in [0.2, 0.25) is 0 Å². The monoisotopic (exact) mass is 336 g/mol. The zero-order valence-electron chi connectivity index (χ0n) is 13.5. The van der Waals surface area contributed by atoms with Gasteiger partial charge in [-0.2, -0.15) is 0 Å². The molecule has 0 fully saturated rings. The van der Waals surface area contributed by atoms with E-state index in [2.05, 4.69) is 10.6 Å². The number of carbonyl (C=O) groups excluding carboxylic acids is 2. The number of hydrogen-bond donors (Lipinski definition) is 2. The van der Waals surface area contributed by atoms with Crippen molar-refractivity contribution in [1.29, 1.82) is 0 Å². The van der Waals surface area contributed by atoms with Gasteiger partial charge in [0.15, 0.2) is 5.76 Å². The Balaban J connectivity index is 1.69. The van der Waals surface area contributed by atoms with E-state index < -0.39 is 0 Å². The maximum Gasteiger partial charge on any atom is 0.291 e. The molecule has 3 aromatic rings. The van der Waals surface area contributed by atoms with Gasteiger partial charge in [-0.05, 0) is 54.6 Å². The molecular formula is C19H16N2O4. The third kappa shape index (κ3) is 4.06. The van der Waals surface area contributed by atoms with Crippen LogP contribution in [0.3, 0.4) is 0 Å². The van der Waals surface area contributed by atoms with Crippen LogP contribution in [-0.2, 0) is 0 Å². The van der Waals surface area contributed by atoms with Crippen LogP contribution < -0.4 is 15.4 Å². The largest absolute Gasteiger partial charge is 0.497 e. The van der Waals surface area contributed by atoms with Crippen LogP contribution >= 0.6 is 0 Å². The van der Waals surface area contributed by atoms with Gasteiger partial charge in [-0.15, -0.1) is 0 Å². The van der Waals surface area contributed by atoms with E-state index in [0.717, 1.165) is 0 Å². The van der Waals surface area contributed by atoms with Gasteiger partial charge in [0.2, 0.25) is 0 Å². The molecule has 6 nitrogen and oxygen atoms in total. The summed E-state index contributed by atoms with van der Waals surface area (Å²) < 4.78 is 10.1. The number of benzene rings is 2. The highest BCUT2D eigenvalue weighted by atomic mass is 16.5. The second kappa shape index (κ2) is 7.35. The molecule has 0 unspecified atom stereocenters. The summed E-state index contributed by atoms with van der Waals surface area (Å²) in [5.41, 5.74) is 1.58. The van der Waals surface area contributed by atoms with Crippen molar-refractivity contribution in [2.45, 2.75) is 0 Å². The van der Waals surface area contributed by atoms with E-state index in [1.54, 1.807) is 67.8 Å². The minimum absolute atomic E-state index is 0.202. The smallest absolute Gasteiger partial charge is 0.291 e. The third-order valence-electron chi connectivity index (χ3n) is 3.48. The van der Waals surface area contributed by atoms with Crippen molar-refractivity contribution in [2.75, 3.05) is 17.7 Å². The Morgan fingerprint density at radius 1 is 0.880 bits per heavy atom. The first kappa shape index (κ1) is 16.3. The van der Waals surface area contributed by atoms with Crippen molar-refractivity contribution in [3.05, 3.63) is 78.3 Å². The Morgan fingerprint density at radius 2 is 1.64 bits per heavy atom. The van der Waals surface area contributed by atoms with Crippen LogP contribution in [0.15, 0.2) is 71.3 Å². The Kier molecular flexibility index (Phi) is 4.80. The fourth-order valence-electron chi connectivity index (χ4n) is 2.22. The van der Waals surface area contributed by atoms with Gasteiger partial charge >= 0.3 is 0 Å². The zero-order valence-corrected chi connectivity index (χ0v) is 13.5. The molecule has 6 heteroatoms. The van der Waals surface area contributed by atoms with Crippen LogP contribution in [0.1, 0.15) is 20.9 Å². The van der Waals surface area contributed by atoms with E-state index in [-0.39, 0.29) is 17.6 Å². The van der Waals surface area contributed by atoms with E-state index in [1.165, 1.54) is 6.26 Å². The van der Waals surface area contributed by atoms with E-state index in [9.17, 15) is 9.59 Å². The standard InChI is InChI=1S/C19H16N2O4/c1-24-16-9-7-14(8-10-16)20-18(22)13-4-2-5-15(12-13)21-19(23)17-6-3-11-25-17/h2-12H,1H3,(H,20,22)(H,21,23). The summed E-state index contributed by atoms with van der Waals surface area (Å²) in [5, 5.41) is 5.48. The summed E-state index contributed by atoms with van der Waals surface area (Å²) in [4.78, 5) is 24.4. The average Bonchev–Trinajstić information content (AvgIpc) is 3.17. The molecule has 3 rings (SSSR count). The molecule has 0 saturated carbocycles. The van der Waals surface area contributed by atoms with E-state index in [1.807, 2.05) is 0 Å². The van der Waals surface area contributed by atoms with E-state index in [0.29, 0.717) is 22.7 Å². The van der Waals surface area contributed by atoms with Gasteiger partial charge in [0.25, 0.3) is 11.8 Å². The molecule has 0 atom stereocenters. The highest BCUT2D eigenvalue weighted by Gasteiger charge is 2.11. The van der Waals surface area contributed by atoms with Crippen molar-refractivity contribution in [3.63, 3.8) is 0 Å². The minimum atomic E-state index is -0.377. The van der Waals surface area contributed by atoms with Crippen molar-refractivity contribution < 1.29 is 18.7 Å². The van der Waals surface area contributed by atoms with Crippen molar-refractivity contribution in [2.24, 2.45) is 0 Å². The summed E-state index contributed by atoms with van der Waals surface area (Å²) in [5.74, 6) is 0.255. The van der Waals surface area contributed by atoms with E-state index in [4.69, 9.17) is 9.15 Å². The number of nitrogens with one attached hydrogen (secondary N) is 2. The summed E-state index contributed by atoms with van der Waals surface area (Å²) >= 11 is 0. The van der Waals surface area contributed by atoms with Crippen molar-refractivity contribution >= 4 is 23.2 Å². The van der Waals surface area contributed by atoms with E-state index >= 15 is 0 Å². The molecule has 2 amide bonds. The van der Waals surface area contributed by atoms with Crippen molar-refractivity contribution in [1.82, 2.24) is 0 Å². The normalized spacial score (nSPS) is 10.1. The van der Waals surface area contributed by atoms with Crippen LogP contribution in [0.5, 0.6) is 5.75 Å². The summed E-state index contributed by atoms with van der Waals surface area (Å²) in [7, 11) is 1.58. The lowest BCUT2D eigenvalue weighted by atomic mass is 10.1. The predicted octanol–water partition coefficient (Wildman–Crippen LogP) is 3.79. The van der Waals surface area contributed by atoms with Gasteiger partial charge in [-0.25, -0.2) is 0 Å². The zero-order chi connectivity index (χ0) is 17.6. The highest BCUT2D eigenvalue weighted by Crippen LogP contribution is 2.17. The molecule has 0 spiro atoms. The third-order valence-corrected chi connectivity index (χ3v) is 3.48. The molecule has 2 N–H and O–H groups in total. The maximum atomic E-state index is 12.4. The molecular weight excluding hydrogens is 320 g/mol. The van der Waals surface area contributed by atoms with Crippen LogP contribution in [0.25, 0.3) is 0 Å². The molecule has 2 aromatic carbocycles. The van der Waals surface area contributed by atoms with Gasteiger partial charge in [0.05, 0.1) is 13.4 Å². The number of anilines is 2. The molecule has 0 bridgehead atoms. The minimum Gasteiger partial charge on any atom is -0.497 e. The fourth-order valence-corrected chi connectivity index (χ4v) is 2.22. The van der Waals surface area contributed by atoms with Gasteiger partial charge in [0, 0.05) is 16.9 Å². The summed E-state index contributed by atoms with van der Waals surface area (Å²) in [6, 6.07) is 16.9. The molecule has 0 radical (unpaired) electrons. The topological polar surface area (TPSA) is 80.6 Å². The number of furan rings is 1. The van der Waals surface area contributed by atoms with Crippen molar-refractivity contribution in [3.8, 4) is 5.75 Å². The molecule has 0 aliphatic heterocycles. The van der Waals surface area contributed by atoms with Gasteiger partial charge in [-0.3, -0.25) is 9.59 Å². The lowest BCUT2D eigenvalue weighted by molar-refractivity contribution is 0.0993. The fraction of sp³-hybridized carbons (Fsp3) is 0.0526. The van der Waals surface area contributed by atoms with Crippen LogP contribution in [0, 0.1) is 0 Å². The molecule has 0 saturated heterocycles. The second-order valence-corrected chi connectivity index (χ2v) is 5.19. The number of carbonyl (C=O) groups is 2. The number of methoxy groups -OCH3 is 1. The Bertz CT molecular complexity index is 871. The average molecular weight is 336 g/mol. The SMILES string of the molecule is COc1ccc(NC(=O)c2cccc(NC(=O)c3ccco3)c2)cc1. The summed E-state index contributed by atoms with van der Waals surface area (Å²) in [6.45, 7) is 0. The first-order valence-corrected chi connectivity index (χ1v) is 7.56. The molecule has 1 heterocycles. The van der Waals surface area contributed by atoms with Gasteiger partial charge < -0.3 is 19.8 Å². The highest BCUT2D eigenvalue weighted by molar-refractivity contribution is 6.06.